The smallest absolute Gasteiger partial charge is 0.227 e. The third kappa shape index (κ3) is 4.14. The molecule has 0 amide bonds. The molecule has 6 aromatic carbocycles. The highest BCUT2D eigenvalue weighted by molar-refractivity contribution is 6.13. The van der Waals surface area contributed by atoms with Crippen molar-refractivity contribution in [1.82, 2.24) is 19.9 Å². The number of nitrogens with zero attached hydrogens (tertiary/aromatic N) is 4. The lowest BCUT2D eigenvalue weighted by Gasteiger charge is -2.09. The first-order chi connectivity index (χ1) is 23.2. The number of benzene rings is 6. The number of fused-ring (bicyclic) bond motifs is 7. The van der Waals surface area contributed by atoms with Gasteiger partial charge in [0.15, 0.2) is 23.1 Å². The van der Waals surface area contributed by atoms with Crippen molar-refractivity contribution in [1.29, 1.82) is 0 Å². The first-order valence-corrected chi connectivity index (χ1v) is 15.3. The van der Waals surface area contributed by atoms with Crippen LogP contribution >= 0.6 is 0 Å². The molecular formula is C40H22N4O3. The fourth-order valence-corrected chi connectivity index (χ4v) is 6.35. The van der Waals surface area contributed by atoms with E-state index in [1.807, 2.05) is 115 Å². The molecule has 0 fully saturated rings. The van der Waals surface area contributed by atoms with Crippen LogP contribution in [0.25, 0.3) is 101 Å². The molecule has 0 saturated carbocycles. The Bertz CT molecular complexity index is 2780. The summed E-state index contributed by atoms with van der Waals surface area (Å²) in [6, 6.07) is 43.8. The van der Waals surface area contributed by atoms with E-state index in [-0.39, 0.29) is 0 Å². The van der Waals surface area contributed by atoms with Gasteiger partial charge < -0.3 is 13.3 Å². The Labute approximate surface area is 266 Å². The average Bonchev–Trinajstić information content (AvgIpc) is 3.84. The van der Waals surface area contributed by atoms with Crippen molar-refractivity contribution in [2.45, 2.75) is 0 Å². The monoisotopic (exact) mass is 606 g/mol. The van der Waals surface area contributed by atoms with Gasteiger partial charge in [0.1, 0.15) is 27.8 Å². The van der Waals surface area contributed by atoms with Gasteiger partial charge in [-0.25, -0.2) is 19.9 Å². The first kappa shape index (κ1) is 25.7. The van der Waals surface area contributed by atoms with Gasteiger partial charge in [-0.3, -0.25) is 0 Å². The number of oxazole rings is 1. The minimum absolute atomic E-state index is 0.541. The van der Waals surface area contributed by atoms with Gasteiger partial charge in [0.2, 0.25) is 5.89 Å². The number of furan rings is 2. The highest BCUT2D eigenvalue weighted by Crippen LogP contribution is 2.39. The molecule has 10 rings (SSSR count). The molecule has 220 valence electrons. The second-order valence-electron chi connectivity index (χ2n) is 11.5. The van der Waals surface area contributed by atoms with Gasteiger partial charge in [-0.05, 0) is 54.6 Å². The molecule has 7 nitrogen and oxygen atoms in total. The van der Waals surface area contributed by atoms with Crippen molar-refractivity contribution in [2.24, 2.45) is 0 Å². The third-order valence-electron chi connectivity index (χ3n) is 8.58. The zero-order valence-corrected chi connectivity index (χ0v) is 24.7. The molecule has 4 aromatic heterocycles. The molecule has 0 bridgehead atoms. The minimum Gasteiger partial charge on any atom is -0.456 e. The van der Waals surface area contributed by atoms with Crippen molar-refractivity contribution in [3.8, 4) is 45.6 Å². The fourth-order valence-electron chi connectivity index (χ4n) is 6.35. The summed E-state index contributed by atoms with van der Waals surface area (Å²) in [6.45, 7) is 0. The minimum atomic E-state index is 0.541. The van der Waals surface area contributed by atoms with Gasteiger partial charge in [0.05, 0.1) is 0 Å². The highest BCUT2D eigenvalue weighted by Gasteiger charge is 2.20. The fraction of sp³-hybridized carbons (Fsp3) is 0. The van der Waals surface area contributed by atoms with Gasteiger partial charge in [0.25, 0.3) is 0 Å². The number of hydrogen-bond donors (Lipinski definition) is 0. The Morgan fingerprint density at radius 1 is 0.362 bits per heavy atom. The first-order valence-electron chi connectivity index (χ1n) is 15.3. The van der Waals surface area contributed by atoms with E-state index in [0.717, 1.165) is 77.2 Å². The predicted octanol–water partition coefficient (Wildman–Crippen LogP) is 10.5. The Hall–Kier alpha value is -6.60. The Balaban J connectivity index is 1.19. The summed E-state index contributed by atoms with van der Waals surface area (Å²) in [6.07, 6.45) is 0. The van der Waals surface area contributed by atoms with Crippen LogP contribution in [0.1, 0.15) is 0 Å². The average molecular weight is 607 g/mol. The van der Waals surface area contributed by atoms with Gasteiger partial charge >= 0.3 is 0 Å². The van der Waals surface area contributed by atoms with Crippen LogP contribution in [-0.2, 0) is 0 Å². The summed E-state index contributed by atoms with van der Waals surface area (Å²) in [4.78, 5) is 19.8. The molecule has 0 radical (unpaired) electrons. The summed E-state index contributed by atoms with van der Waals surface area (Å²) in [5, 5.41) is 3.95. The second-order valence-corrected chi connectivity index (χ2v) is 11.5. The summed E-state index contributed by atoms with van der Waals surface area (Å²) in [5.41, 5.74) is 8.08. The molecule has 0 aliphatic carbocycles. The number of para-hydroxylation sites is 3. The third-order valence-corrected chi connectivity index (χ3v) is 8.58. The molecular weight excluding hydrogens is 584 g/mol. The van der Waals surface area contributed by atoms with Crippen LogP contribution in [0.15, 0.2) is 147 Å². The molecule has 10 aromatic rings. The topological polar surface area (TPSA) is 91.0 Å². The van der Waals surface area contributed by atoms with Crippen LogP contribution in [-0.4, -0.2) is 19.9 Å². The van der Waals surface area contributed by atoms with Gasteiger partial charge in [-0.1, -0.05) is 78.9 Å². The molecule has 0 atom stereocenters. The SMILES string of the molecule is c1ccc(-c2nc(-c3ccc4c(c3)oc3ccccc34)nc(-c3cccc4oc5ccc(-c6nc7ccccc7o6)cc5c34)n2)cc1. The Morgan fingerprint density at radius 3 is 1.94 bits per heavy atom. The highest BCUT2D eigenvalue weighted by atomic mass is 16.3. The van der Waals surface area contributed by atoms with Crippen molar-refractivity contribution < 1.29 is 13.3 Å². The Kier molecular flexibility index (Phi) is 5.44. The zero-order valence-electron chi connectivity index (χ0n) is 24.7. The molecule has 0 unspecified atom stereocenters. The van der Waals surface area contributed by atoms with Crippen LogP contribution in [0.3, 0.4) is 0 Å². The lowest BCUT2D eigenvalue weighted by molar-refractivity contribution is 0.620. The van der Waals surface area contributed by atoms with E-state index in [9.17, 15) is 0 Å². The van der Waals surface area contributed by atoms with Gasteiger partial charge in [-0.15, -0.1) is 0 Å². The van der Waals surface area contributed by atoms with Crippen LogP contribution in [0, 0.1) is 0 Å². The van der Waals surface area contributed by atoms with Crippen LogP contribution < -0.4 is 0 Å². The van der Waals surface area contributed by atoms with E-state index in [1.165, 1.54) is 0 Å². The summed E-state index contributed by atoms with van der Waals surface area (Å²) in [7, 11) is 0. The van der Waals surface area contributed by atoms with Crippen molar-refractivity contribution in [3.05, 3.63) is 133 Å². The number of rotatable bonds is 4. The second kappa shape index (κ2) is 9.95. The molecule has 0 spiro atoms. The van der Waals surface area contributed by atoms with E-state index in [2.05, 4.69) is 18.2 Å². The van der Waals surface area contributed by atoms with E-state index >= 15 is 0 Å². The van der Waals surface area contributed by atoms with Gasteiger partial charge in [-0.2, -0.15) is 0 Å². The van der Waals surface area contributed by atoms with Crippen molar-refractivity contribution in [3.63, 3.8) is 0 Å². The van der Waals surface area contributed by atoms with Crippen molar-refractivity contribution >= 4 is 55.0 Å². The normalized spacial score (nSPS) is 11.8. The lowest BCUT2D eigenvalue weighted by atomic mass is 10.0. The van der Waals surface area contributed by atoms with E-state index < -0.39 is 0 Å². The van der Waals surface area contributed by atoms with Gasteiger partial charge in [0, 0.05) is 43.8 Å². The standard InChI is InChI=1S/C40H22N4O3/c1-2-9-23(10-3-1)37-42-38(24-17-19-27-26-11-4-6-14-31(26)46-35(27)22-24)44-39(43-37)28-12-8-16-34-36(28)29-21-25(18-20-32(29)45-34)40-41-30-13-5-7-15-33(30)47-40/h1-22H. The molecule has 0 saturated heterocycles. The van der Waals surface area contributed by atoms with E-state index in [1.54, 1.807) is 0 Å². The number of hydrogen-bond acceptors (Lipinski definition) is 7. The lowest BCUT2D eigenvalue weighted by Crippen LogP contribution is -2.00. The zero-order chi connectivity index (χ0) is 30.9. The molecule has 0 N–H and O–H groups in total. The molecule has 0 aliphatic rings. The predicted molar refractivity (Wildman–Crippen MR) is 184 cm³/mol. The van der Waals surface area contributed by atoms with Crippen molar-refractivity contribution in [2.75, 3.05) is 0 Å². The van der Waals surface area contributed by atoms with E-state index in [4.69, 9.17) is 33.2 Å². The van der Waals surface area contributed by atoms with Crippen LogP contribution in [0.5, 0.6) is 0 Å². The largest absolute Gasteiger partial charge is 0.456 e. The maximum atomic E-state index is 6.34. The molecule has 7 heteroatoms. The maximum Gasteiger partial charge on any atom is 0.227 e. The van der Waals surface area contributed by atoms with Crippen LogP contribution in [0.2, 0.25) is 0 Å². The maximum absolute atomic E-state index is 6.34. The molecule has 4 heterocycles. The summed E-state index contributed by atoms with van der Waals surface area (Å²) in [5.74, 6) is 2.22. The van der Waals surface area contributed by atoms with E-state index in [0.29, 0.717) is 23.4 Å². The van der Waals surface area contributed by atoms with Crippen LogP contribution in [0.4, 0.5) is 0 Å². The summed E-state index contributed by atoms with van der Waals surface area (Å²) >= 11 is 0. The Morgan fingerprint density at radius 2 is 1.04 bits per heavy atom. The molecule has 0 aliphatic heterocycles. The molecule has 47 heavy (non-hydrogen) atoms. The quantitative estimate of drug-likeness (QED) is 0.197. The summed E-state index contributed by atoms with van der Waals surface area (Å²) < 4.78 is 18.7. The number of aromatic nitrogens is 4.